The molecule has 0 aliphatic carbocycles. The normalized spacial score (nSPS) is 30.4. The molecule has 0 saturated carbocycles. The van der Waals surface area contributed by atoms with Crippen LogP contribution in [0.15, 0.2) is 24.3 Å². The van der Waals surface area contributed by atoms with Crippen LogP contribution in [0.3, 0.4) is 0 Å². The minimum Gasteiger partial charge on any atom is -0.343 e. The lowest BCUT2D eigenvalue weighted by Crippen LogP contribution is -2.52. The number of aryl methyl sites for hydroxylation is 1. The van der Waals surface area contributed by atoms with Gasteiger partial charge in [-0.2, -0.15) is 0 Å². The second kappa shape index (κ2) is 6.64. The van der Waals surface area contributed by atoms with Crippen molar-refractivity contribution in [1.29, 1.82) is 0 Å². The maximum Gasteiger partial charge on any atom is 0.227 e. The molecule has 0 aromatic heterocycles. The lowest BCUT2D eigenvalue weighted by atomic mass is 9.75. The second-order valence-corrected chi connectivity index (χ2v) is 7.25. The molecule has 2 bridgehead atoms. The first kappa shape index (κ1) is 16.5. The summed E-state index contributed by atoms with van der Waals surface area (Å²) in [4.78, 5) is 17.8. The number of nitrogens with zero attached hydrogens (tertiary/aromatic N) is 2. The highest BCUT2D eigenvalue weighted by molar-refractivity contribution is 5.81. The van der Waals surface area contributed by atoms with Crippen LogP contribution in [0.5, 0.6) is 0 Å². The summed E-state index contributed by atoms with van der Waals surface area (Å²) in [5, 5.41) is 0. The molecule has 0 N–H and O–H groups in total. The van der Waals surface area contributed by atoms with Crippen LogP contribution < -0.4 is 0 Å². The van der Waals surface area contributed by atoms with E-state index >= 15 is 0 Å². The molecule has 3 nitrogen and oxygen atoms in total. The van der Waals surface area contributed by atoms with Crippen molar-refractivity contribution in [2.75, 3.05) is 20.1 Å². The quantitative estimate of drug-likeness (QED) is 0.850. The van der Waals surface area contributed by atoms with E-state index < -0.39 is 0 Å². The Hall–Kier alpha value is -1.35. The number of piperidine rings is 1. The average Bonchev–Trinajstić information content (AvgIpc) is 2.79. The van der Waals surface area contributed by atoms with Gasteiger partial charge in [0.15, 0.2) is 0 Å². The Balaban J connectivity index is 1.95. The molecule has 2 unspecified atom stereocenters. The smallest absolute Gasteiger partial charge is 0.227 e. The highest BCUT2D eigenvalue weighted by Crippen LogP contribution is 2.46. The summed E-state index contributed by atoms with van der Waals surface area (Å²) in [7, 11) is 2.22. The van der Waals surface area contributed by atoms with E-state index in [0.29, 0.717) is 23.9 Å². The Morgan fingerprint density at radius 1 is 1.17 bits per heavy atom. The number of carbonyl (C=O) groups is 1. The van der Waals surface area contributed by atoms with E-state index in [1.54, 1.807) is 0 Å². The first-order valence-corrected chi connectivity index (χ1v) is 9.14. The van der Waals surface area contributed by atoms with Gasteiger partial charge in [0.2, 0.25) is 5.91 Å². The van der Waals surface area contributed by atoms with Gasteiger partial charge in [-0.25, -0.2) is 0 Å². The summed E-state index contributed by atoms with van der Waals surface area (Å²) in [5.74, 6) is 0.844. The van der Waals surface area contributed by atoms with E-state index in [1.165, 1.54) is 24.0 Å². The van der Waals surface area contributed by atoms with Gasteiger partial charge in [0, 0.05) is 25.2 Å². The predicted octanol–water partition coefficient (Wildman–Crippen LogP) is 3.43. The van der Waals surface area contributed by atoms with Gasteiger partial charge in [-0.15, -0.1) is 0 Å². The van der Waals surface area contributed by atoms with Crippen molar-refractivity contribution in [3.05, 3.63) is 35.4 Å². The number of rotatable bonds is 4. The molecular weight excluding hydrogens is 284 g/mol. The van der Waals surface area contributed by atoms with Gasteiger partial charge < -0.3 is 4.90 Å². The van der Waals surface area contributed by atoms with Crippen molar-refractivity contribution in [3.8, 4) is 0 Å². The Kier molecular flexibility index (Phi) is 4.77. The van der Waals surface area contributed by atoms with Crippen LogP contribution >= 0.6 is 0 Å². The minimum absolute atomic E-state index is 0.112. The van der Waals surface area contributed by atoms with Gasteiger partial charge in [-0.3, -0.25) is 9.69 Å². The van der Waals surface area contributed by atoms with Gasteiger partial charge in [-0.05, 0) is 58.6 Å². The summed E-state index contributed by atoms with van der Waals surface area (Å²) in [6.07, 6.45) is 3.53. The number of amides is 1. The van der Waals surface area contributed by atoms with Crippen LogP contribution in [0.1, 0.15) is 50.2 Å². The molecule has 2 saturated heterocycles. The molecule has 2 heterocycles. The second-order valence-electron chi connectivity index (χ2n) is 7.25. The molecule has 3 heteroatoms. The molecule has 1 amide bonds. The fourth-order valence-electron chi connectivity index (χ4n) is 4.71. The molecule has 1 aromatic rings. The van der Waals surface area contributed by atoms with E-state index in [9.17, 15) is 4.79 Å². The van der Waals surface area contributed by atoms with Crippen LogP contribution in [0.25, 0.3) is 0 Å². The lowest BCUT2D eigenvalue weighted by molar-refractivity contribution is -0.139. The molecule has 2 aliphatic heterocycles. The predicted molar refractivity (Wildman–Crippen MR) is 94.5 cm³/mol. The van der Waals surface area contributed by atoms with Crippen LogP contribution in [-0.2, 0) is 4.79 Å². The summed E-state index contributed by atoms with van der Waals surface area (Å²) in [5.41, 5.74) is 2.64. The molecule has 126 valence electrons. The lowest BCUT2D eigenvalue weighted by Gasteiger charge is -2.44. The van der Waals surface area contributed by atoms with Crippen molar-refractivity contribution in [2.24, 2.45) is 5.92 Å². The van der Waals surface area contributed by atoms with Crippen molar-refractivity contribution >= 4 is 5.91 Å². The maximum atomic E-state index is 13.2. The molecule has 0 spiro atoms. The van der Waals surface area contributed by atoms with Crippen molar-refractivity contribution in [1.82, 2.24) is 9.80 Å². The molecule has 4 atom stereocenters. The maximum absolute atomic E-state index is 13.2. The first-order chi connectivity index (χ1) is 11.1. The average molecular weight is 314 g/mol. The molecule has 23 heavy (non-hydrogen) atoms. The summed E-state index contributed by atoms with van der Waals surface area (Å²) < 4.78 is 0. The third-order valence-corrected chi connectivity index (χ3v) is 6.13. The van der Waals surface area contributed by atoms with E-state index in [4.69, 9.17) is 0 Å². The van der Waals surface area contributed by atoms with Gasteiger partial charge >= 0.3 is 0 Å². The number of carbonyl (C=O) groups excluding carboxylic acids is 1. The SMILES string of the molecule is CCN(CC)C(=O)C1C2CC[C@H](C[C@@H]1c1ccc(C)cc1)N2C. The number of hydrogen-bond donors (Lipinski definition) is 0. The standard InChI is InChI=1S/C20H30N2O/c1-5-22(6-2)20(23)19-17(15-9-7-14(3)8-10-15)13-16-11-12-18(19)21(16)4/h7-10,16-19H,5-6,11-13H2,1-4H3/t16-,17-,18?,19?/m1/s1. The fourth-order valence-corrected chi connectivity index (χ4v) is 4.71. The summed E-state index contributed by atoms with van der Waals surface area (Å²) >= 11 is 0. The largest absolute Gasteiger partial charge is 0.343 e. The summed E-state index contributed by atoms with van der Waals surface area (Å²) in [6, 6.07) is 9.92. The Morgan fingerprint density at radius 2 is 1.83 bits per heavy atom. The van der Waals surface area contributed by atoms with Crippen molar-refractivity contribution in [2.45, 2.75) is 58.0 Å². The molecular formula is C20H30N2O. The summed E-state index contributed by atoms with van der Waals surface area (Å²) in [6.45, 7) is 7.93. The monoisotopic (exact) mass is 314 g/mol. The molecule has 1 aromatic carbocycles. The fraction of sp³-hybridized carbons (Fsp3) is 0.650. The van der Waals surface area contributed by atoms with Crippen LogP contribution in [-0.4, -0.2) is 47.9 Å². The van der Waals surface area contributed by atoms with E-state index in [-0.39, 0.29) is 5.92 Å². The topological polar surface area (TPSA) is 23.6 Å². The van der Waals surface area contributed by atoms with Crippen LogP contribution in [0.4, 0.5) is 0 Å². The van der Waals surface area contributed by atoms with E-state index in [1.807, 2.05) is 4.90 Å². The minimum atomic E-state index is 0.112. The van der Waals surface area contributed by atoms with Crippen molar-refractivity contribution < 1.29 is 4.79 Å². The Morgan fingerprint density at radius 3 is 2.43 bits per heavy atom. The molecule has 0 radical (unpaired) electrons. The van der Waals surface area contributed by atoms with Crippen LogP contribution in [0, 0.1) is 12.8 Å². The third kappa shape index (κ3) is 2.91. The Labute approximate surface area is 140 Å². The highest BCUT2D eigenvalue weighted by Gasteiger charge is 2.49. The zero-order valence-corrected chi connectivity index (χ0v) is 15.0. The third-order valence-electron chi connectivity index (χ3n) is 6.13. The zero-order chi connectivity index (χ0) is 16.6. The van der Waals surface area contributed by atoms with E-state index in [0.717, 1.165) is 19.5 Å². The van der Waals surface area contributed by atoms with Gasteiger partial charge in [0.25, 0.3) is 0 Å². The first-order valence-electron chi connectivity index (χ1n) is 9.14. The zero-order valence-electron chi connectivity index (χ0n) is 15.0. The van der Waals surface area contributed by atoms with E-state index in [2.05, 4.69) is 57.0 Å². The Bertz CT molecular complexity index is 549. The number of benzene rings is 1. The molecule has 3 rings (SSSR count). The number of fused-ring (bicyclic) bond motifs is 2. The van der Waals surface area contributed by atoms with Crippen molar-refractivity contribution in [3.63, 3.8) is 0 Å². The highest BCUT2D eigenvalue weighted by atomic mass is 16.2. The van der Waals surface area contributed by atoms with Gasteiger partial charge in [0.05, 0.1) is 5.92 Å². The van der Waals surface area contributed by atoms with Crippen LogP contribution in [0.2, 0.25) is 0 Å². The number of hydrogen-bond acceptors (Lipinski definition) is 2. The molecule has 2 fully saturated rings. The molecule has 2 aliphatic rings. The van der Waals surface area contributed by atoms with Gasteiger partial charge in [0.1, 0.15) is 0 Å². The van der Waals surface area contributed by atoms with Gasteiger partial charge in [-0.1, -0.05) is 29.8 Å².